The molecule has 3 atom stereocenters. The van der Waals surface area contributed by atoms with E-state index in [1.807, 2.05) is 6.07 Å². The van der Waals surface area contributed by atoms with Crippen LogP contribution in [0.5, 0.6) is 0 Å². The van der Waals surface area contributed by atoms with E-state index < -0.39 is 0 Å². The maximum atomic E-state index is 15.1. The largest absolute Gasteiger partial charge is 0.383 e. The van der Waals surface area contributed by atoms with Crippen molar-refractivity contribution in [1.82, 2.24) is 24.8 Å². The molecule has 1 aliphatic carbocycles. The molecule has 204 valence electrons. The number of nitrogens with one attached hydrogen (secondary N) is 1. The molecule has 0 radical (unpaired) electrons. The van der Waals surface area contributed by atoms with E-state index in [1.54, 1.807) is 25.4 Å². The first-order chi connectivity index (χ1) is 19.0. The summed E-state index contributed by atoms with van der Waals surface area (Å²) in [6, 6.07) is 9.08. The highest BCUT2D eigenvalue weighted by molar-refractivity contribution is 7.17. The van der Waals surface area contributed by atoms with E-state index in [0.717, 1.165) is 55.5 Å². The first-order valence-corrected chi connectivity index (χ1v) is 14.5. The number of carbonyl (C=O) groups is 1. The normalized spacial score (nSPS) is 21.5. The van der Waals surface area contributed by atoms with Crippen LogP contribution in [-0.4, -0.2) is 57.8 Å². The lowest BCUT2D eigenvalue weighted by atomic mass is 9.90. The number of methoxy groups -OCH3 is 1. The minimum atomic E-state index is -0.316. The zero-order valence-electron chi connectivity index (χ0n) is 21.6. The number of fused-ring (bicyclic) bond motifs is 1. The van der Waals surface area contributed by atoms with Gasteiger partial charge in [-0.2, -0.15) is 0 Å². The van der Waals surface area contributed by atoms with Gasteiger partial charge in [0.15, 0.2) is 5.01 Å². The highest BCUT2D eigenvalue weighted by Gasteiger charge is 2.31. The van der Waals surface area contributed by atoms with Gasteiger partial charge >= 0.3 is 0 Å². The third kappa shape index (κ3) is 5.25. The van der Waals surface area contributed by atoms with Crippen LogP contribution in [0.25, 0.3) is 22.4 Å². The molecule has 0 spiro atoms. The number of hydrogen-bond donors (Lipinski definition) is 1. The summed E-state index contributed by atoms with van der Waals surface area (Å²) in [4.78, 5) is 28.9. The van der Waals surface area contributed by atoms with E-state index in [4.69, 9.17) is 26.3 Å². The van der Waals surface area contributed by atoms with Crippen molar-refractivity contribution < 1.29 is 13.9 Å². The van der Waals surface area contributed by atoms with E-state index >= 15 is 4.39 Å². The Kier molecular flexibility index (Phi) is 7.51. The molecule has 8 nitrogen and oxygen atoms in total. The summed E-state index contributed by atoms with van der Waals surface area (Å²) in [6.07, 6.45) is 8.81. The molecule has 3 aromatic heterocycles. The van der Waals surface area contributed by atoms with Crippen LogP contribution < -0.4 is 10.2 Å². The summed E-state index contributed by atoms with van der Waals surface area (Å²) in [5.41, 5.74) is 2.10. The Labute approximate surface area is 235 Å². The number of pyridine rings is 1. The standard InChI is InChI=1S/C28H30ClFN6O2S/c1-38-16-19-8-5-11-35(19)25-13-23-22(14-31-25)34-26(20-9-2-3-10-21(20)30)36(23)18-7-4-6-17(12-18)33-27(37)28-32-15-24(29)39-28/h2-3,9-10,13-15,17-19H,4-8,11-12,16H2,1H3,(H,33,37)/t17-,18+,19-/m0/s1. The van der Waals surface area contributed by atoms with E-state index in [-0.39, 0.29) is 29.8 Å². The summed E-state index contributed by atoms with van der Waals surface area (Å²) in [5.74, 6) is 0.931. The smallest absolute Gasteiger partial charge is 0.280 e. The van der Waals surface area contributed by atoms with Crippen molar-refractivity contribution in [1.29, 1.82) is 0 Å². The Balaban J connectivity index is 1.38. The van der Waals surface area contributed by atoms with E-state index in [1.165, 1.54) is 23.6 Å². The second-order valence-electron chi connectivity index (χ2n) is 10.2. The number of imidazole rings is 1. The number of ether oxygens (including phenoxy) is 1. The van der Waals surface area contributed by atoms with Gasteiger partial charge in [0.2, 0.25) is 0 Å². The fourth-order valence-corrected chi connectivity index (χ4v) is 6.80. The quantitative estimate of drug-likeness (QED) is 0.300. The van der Waals surface area contributed by atoms with Gasteiger partial charge in [-0.25, -0.2) is 19.3 Å². The highest BCUT2D eigenvalue weighted by atomic mass is 35.5. The SMILES string of the molecule is COC[C@@H]1CCCN1c1cc2c(cn1)nc(-c1ccccc1F)n2[C@@H]1CCC[C@H](NC(=O)c2ncc(Cl)s2)C1. The summed E-state index contributed by atoms with van der Waals surface area (Å²) >= 11 is 7.16. The molecule has 0 unspecified atom stereocenters. The van der Waals surface area contributed by atoms with Crippen molar-refractivity contribution in [2.75, 3.05) is 25.2 Å². The zero-order valence-corrected chi connectivity index (χ0v) is 23.2. The van der Waals surface area contributed by atoms with Gasteiger partial charge in [0.1, 0.15) is 27.3 Å². The van der Waals surface area contributed by atoms with Crippen molar-refractivity contribution in [2.24, 2.45) is 0 Å². The molecule has 1 amide bonds. The minimum absolute atomic E-state index is 0.0205. The highest BCUT2D eigenvalue weighted by Crippen LogP contribution is 2.38. The Morgan fingerprint density at radius 1 is 1.21 bits per heavy atom. The lowest BCUT2D eigenvalue weighted by Crippen LogP contribution is -2.39. The monoisotopic (exact) mass is 568 g/mol. The van der Waals surface area contributed by atoms with Crippen molar-refractivity contribution >= 4 is 45.7 Å². The van der Waals surface area contributed by atoms with Crippen molar-refractivity contribution in [3.8, 4) is 11.4 Å². The number of aromatic nitrogens is 4. The van der Waals surface area contributed by atoms with Gasteiger partial charge in [0, 0.05) is 31.8 Å². The molecule has 2 aliphatic rings. The fraction of sp³-hybridized carbons (Fsp3) is 0.429. The maximum absolute atomic E-state index is 15.1. The summed E-state index contributed by atoms with van der Waals surface area (Å²) in [6.45, 7) is 1.56. The van der Waals surface area contributed by atoms with Crippen LogP contribution in [0.15, 0.2) is 42.7 Å². The van der Waals surface area contributed by atoms with Crippen LogP contribution in [0.3, 0.4) is 0 Å². The number of nitrogens with zero attached hydrogens (tertiary/aromatic N) is 5. The topological polar surface area (TPSA) is 85.2 Å². The third-order valence-electron chi connectivity index (χ3n) is 7.73. The summed E-state index contributed by atoms with van der Waals surface area (Å²) in [7, 11) is 1.73. The van der Waals surface area contributed by atoms with E-state index in [0.29, 0.717) is 33.8 Å². The molecule has 1 aliphatic heterocycles. The van der Waals surface area contributed by atoms with Crippen LogP contribution >= 0.6 is 22.9 Å². The molecule has 0 bridgehead atoms. The van der Waals surface area contributed by atoms with Gasteiger partial charge in [0.05, 0.1) is 36.1 Å². The minimum Gasteiger partial charge on any atom is -0.383 e. The molecular formula is C28H30ClFN6O2S. The second kappa shape index (κ2) is 11.2. The molecule has 1 saturated carbocycles. The molecule has 11 heteroatoms. The molecule has 4 heterocycles. The second-order valence-corrected chi connectivity index (χ2v) is 11.9. The Hall–Kier alpha value is -3.08. The number of carbonyl (C=O) groups excluding carboxylic acids is 1. The van der Waals surface area contributed by atoms with Crippen LogP contribution in [0.2, 0.25) is 4.34 Å². The van der Waals surface area contributed by atoms with E-state index in [9.17, 15) is 4.79 Å². The fourth-order valence-electron chi connectivity index (χ4n) is 5.99. The van der Waals surface area contributed by atoms with Crippen molar-refractivity contribution in [3.63, 3.8) is 0 Å². The Morgan fingerprint density at radius 2 is 2.08 bits per heavy atom. The van der Waals surface area contributed by atoms with Crippen LogP contribution in [-0.2, 0) is 4.74 Å². The maximum Gasteiger partial charge on any atom is 0.280 e. The summed E-state index contributed by atoms with van der Waals surface area (Å²) in [5, 5.41) is 3.50. The summed E-state index contributed by atoms with van der Waals surface area (Å²) < 4.78 is 23.2. The number of benzene rings is 1. The molecule has 6 rings (SSSR count). The molecule has 4 aromatic rings. The molecule has 2 fully saturated rings. The number of thiazole rings is 1. The molecule has 1 N–H and O–H groups in total. The average molecular weight is 569 g/mol. The lowest BCUT2D eigenvalue weighted by molar-refractivity contribution is 0.0920. The lowest BCUT2D eigenvalue weighted by Gasteiger charge is -2.32. The molecular weight excluding hydrogens is 539 g/mol. The van der Waals surface area contributed by atoms with Gasteiger partial charge < -0.3 is 19.5 Å². The number of rotatable bonds is 7. The van der Waals surface area contributed by atoms with Gasteiger partial charge in [-0.05, 0) is 50.7 Å². The van der Waals surface area contributed by atoms with Gasteiger partial charge in [-0.3, -0.25) is 4.79 Å². The van der Waals surface area contributed by atoms with Crippen LogP contribution in [0, 0.1) is 5.82 Å². The number of anilines is 1. The number of halogens is 2. The number of amides is 1. The van der Waals surface area contributed by atoms with Crippen LogP contribution in [0.4, 0.5) is 10.2 Å². The predicted octanol–water partition coefficient (Wildman–Crippen LogP) is 5.88. The first kappa shape index (κ1) is 26.2. The van der Waals surface area contributed by atoms with Gasteiger partial charge in [-0.1, -0.05) is 35.1 Å². The third-order valence-corrected chi connectivity index (χ3v) is 8.84. The first-order valence-electron chi connectivity index (χ1n) is 13.3. The average Bonchev–Trinajstić information content (AvgIpc) is 3.67. The predicted molar refractivity (Wildman–Crippen MR) is 151 cm³/mol. The van der Waals surface area contributed by atoms with Crippen molar-refractivity contribution in [2.45, 2.75) is 56.7 Å². The zero-order chi connectivity index (χ0) is 26.9. The number of hydrogen-bond acceptors (Lipinski definition) is 7. The van der Waals surface area contributed by atoms with Crippen molar-refractivity contribution in [3.05, 3.63) is 57.9 Å². The molecule has 1 saturated heterocycles. The van der Waals surface area contributed by atoms with Gasteiger partial charge in [0.25, 0.3) is 5.91 Å². The van der Waals surface area contributed by atoms with Crippen LogP contribution in [0.1, 0.15) is 54.4 Å². The molecule has 1 aromatic carbocycles. The Bertz CT molecular complexity index is 1490. The van der Waals surface area contributed by atoms with Gasteiger partial charge in [-0.15, -0.1) is 0 Å². The molecule has 39 heavy (non-hydrogen) atoms. The van der Waals surface area contributed by atoms with E-state index in [2.05, 4.69) is 25.8 Å². The Morgan fingerprint density at radius 3 is 2.87 bits per heavy atom.